The Hall–Kier alpha value is -0.120. The van der Waals surface area contributed by atoms with Crippen molar-refractivity contribution in [3.63, 3.8) is 0 Å². The minimum Gasteiger partial charge on any atom is -0.308 e. The van der Waals surface area contributed by atoms with E-state index in [1.165, 1.54) is 64.8 Å². The van der Waals surface area contributed by atoms with Crippen LogP contribution < -0.4 is 5.32 Å². The lowest BCUT2D eigenvalue weighted by Crippen LogP contribution is -2.67. The molecule has 3 nitrogen and oxygen atoms in total. The van der Waals surface area contributed by atoms with Crippen LogP contribution in [0.1, 0.15) is 59.8 Å². The van der Waals surface area contributed by atoms with Crippen LogP contribution in [0.3, 0.4) is 0 Å². The molecule has 20 heavy (non-hydrogen) atoms. The minimum absolute atomic E-state index is 0.361. The maximum Gasteiger partial charge on any atom is 0.0304 e. The van der Waals surface area contributed by atoms with E-state index in [0.29, 0.717) is 5.54 Å². The first-order valence-electron chi connectivity index (χ1n) is 8.91. The first kappa shape index (κ1) is 16.3. The average molecular weight is 281 g/mol. The molecule has 0 radical (unpaired) electrons. The minimum atomic E-state index is 0.361. The summed E-state index contributed by atoms with van der Waals surface area (Å²) in [5.74, 6) is 0. The topological polar surface area (TPSA) is 18.5 Å². The molecule has 2 aliphatic heterocycles. The molecule has 2 saturated heterocycles. The lowest BCUT2D eigenvalue weighted by atomic mass is 9.86. The largest absolute Gasteiger partial charge is 0.308 e. The van der Waals surface area contributed by atoms with Gasteiger partial charge in [0, 0.05) is 37.3 Å². The Bertz CT molecular complexity index is 288. The number of nitrogens with one attached hydrogen (secondary N) is 1. The normalized spacial score (nSPS) is 32.4. The second kappa shape index (κ2) is 7.24. The molecule has 2 unspecified atom stereocenters. The molecule has 0 aromatic carbocycles. The number of piperidine rings is 1. The van der Waals surface area contributed by atoms with Gasteiger partial charge in [0.25, 0.3) is 0 Å². The molecule has 0 saturated carbocycles. The van der Waals surface area contributed by atoms with Crippen LogP contribution in [0.15, 0.2) is 0 Å². The van der Waals surface area contributed by atoms with E-state index in [1.54, 1.807) is 0 Å². The van der Waals surface area contributed by atoms with Gasteiger partial charge in [-0.05, 0) is 45.2 Å². The molecule has 3 heteroatoms. The highest BCUT2D eigenvalue weighted by atomic mass is 15.3. The summed E-state index contributed by atoms with van der Waals surface area (Å²) < 4.78 is 0. The summed E-state index contributed by atoms with van der Waals surface area (Å²) in [5.41, 5.74) is 0.361. The van der Waals surface area contributed by atoms with Gasteiger partial charge in [-0.2, -0.15) is 0 Å². The third-order valence-electron chi connectivity index (χ3n) is 5.89. The zero-order valence-corrected chi connectivity index (χ0v) is 14.1. The van der Waals surface area contributed by atoms with E-state index in [4.69, 9.17) is 0 Å². The molecule has 118 valence electrons. The van der Waals surface area contributed by atoms with Gasteiger partial charge < -0.3 is 10.2 Å². The number of piperazine rings is 1. The Morgan fingerprint density at radius 3 is 2.50 bits per heavy atom. The molecule has 0 aromatic heterocycles. The van der Waals surface area contributed by atoms with E-state index >= 15 is 0 Å². The summed E-state index contributed by atoms with van der Waals surface area (Å²) in [5, 5.41) is 3.87. The second-order valence-corrected chi connectivity index (χ2v) is 6.79. The standard InChI is InChI=1S/C17H35N3/c1-5-15-12-18-17(6-2,7-3)14-20(15)16-10-9-11-19(8-4)13-16/h15-16,18H,5-14H2,1-4H3. The summed E-state index contributed by atoms with van der Waals surface area (Å²) in [6.45, 7) is 15.6. The molecule has 0 aliphatic carbocycles. The summed E-state index contributed by atoms with van der Waals surface area (Å²) in [6.07, 6.45) is 6.56. The van der Waals surface area contributed by atoms with E-state index in [-0.39, 0.29) is 0 Å². The number of hydrogen-bond donors (Lipinski definition) is 1. The lowest BCUT2D eigenvalue weighted by Gasteiger charge is -2.52. The van der Waals surface area contributed by atoms with Gasteiger partial charge in [-0.3, -0.25) is 4.90 Å². The van der Waals surface area contributed by atoms with Crippen LogP contribution in [0, 0.1) is 0 Å². The van der Waals surface area contributed by atoms with Crippen molar-refractivity contribution >= 4 is 0 Å². The predicted octanol–water partition coefficient (Wildman–Crippen LogP) is 2.71. The summed E-state index contributed by atoms with van der Waals surface area (Å²) in [4.78, 5) is 5.51. The first-order chi connectivity index (χ1) is 9.68. The van der Waals surface area contributed by atoms with Crippen LogP contribution in [0.5, 0.6) is 0 Å². The van der Waals surface area contributed by atoms with Crippen molar-refractivity contribution in [3.05, 3.63) is 0 Å². The molecule has 2 aliphatic rings. The maximum atomic E-state index is 3.87. The maximum absolute atomic E-state index is 3.87. The molecule has 0 amide bonds. The predicted molar refractivity (Wildman–Crippen MR) is 87.2 cm³/mol. The Labute approximate surface area is 126 Å². The molecular weight excluding hydrogens is 246 g/mol. The Morgan fingerprint density at radius 2 is 1.90 bits per heavy atom. The Kier molecular flexibility index (Phi) is 5.88. The average Bonchev–Trinajstić information content (AvgIpc) is 2.54. The second-order valence-electron chi connectivity index (χ2n) is 6.79. The molecule has 0 aromatic rings. The lowest BCUT2D eigenvalue weighted by molar-refractivity contribution is 0.00537. The third kappa shape index (κ3) is 3.37. The summed E-state index contributed by atoms with van der Waals surface area (Å²) in [6, 6.07) is 1.52. The number of likely N-dealkylation sites (N-methyl/N-ethyl adjacent to an activating group) is 1. The van der Waals surface area contributed by atoms with E-state index in [0.717, 1.165) is 12.1 Å². The Balaban J connectivity index is 2.08. The number of rotatable bonds is 5. The molecule has 0 spiro atoms. The monoisotopic (exact) mass is 281 g/mol. The van der Waals surface area contributed by atoms with Crippen LogP contribution in [0.25, 0.3) is 0 Å². The van der Waals surface area contributed by atoms with E-state index < -0.39 is 0 Å². The van der Waals surface area contributed by atoms with Crippen LogP contribution >= 0.6 is 0 Å². The van der Waals surface area contributed by atoms with Gasteiger partial charge in [0.15, 0.2) is 0 Å². The first-order valence-corrected chi connectivity index (χ1v) is 8.91. The van der Waals surface area contributed by atoms with Gasteiger partial charge in [0.1, 0.15) is 0 Å². The van der Waals surface area contributed by atoms with Crippen molar-refractivity contribution < 1.29 is 0 Å². The van der Waals surface area contributed by atoms with Crippen LogP contribution in [-0.4, -0.2) is 60.1 Å². The fraction of sp³-hybridized carbons (Fsp3) is 1.00. The van der Waals surface area contributed by atoms with Crippen LogP contribution in [0.2, 0.25) is 0 Å². The third-order valence-corrected chi connectivity index (χ3v) is 5.89. The molecule has 2 heterocycles. The Morgan fingerprint density at radius 1 is 1.15 bits per heavy atom. The van der Waals surface area contributed by atoms with Crippen molar-refractivity contribution in [1.29, 1.82) is 0 Å². The molecule has 2 atom stereocenters. The molecule has 2 fully saturated rings. The van der Waals surface area contributed by atoms with Gasteiger partial charge in [-0.15, -0.1) is 0 Å². The highest BCUT2D eigenvalue weighted by Gasteiger charge is 2.39. The zero-order valence-electron chi connectivity index (χ0n) is 14.1. The molecular formula is C17H35N3. The number of likely N-dealkylation sites (tertiary alicyclic amines) is 1. The van der Waals surface area contributed by atoms with Gasteiger partial charge in [-0.1, -0.05) is 27.7 Å². The fourth-order valence-electron chi connectivity index (χ4n) is 4.10. The molecule has 2 rings (SSSR count). The van der Waals surface area contributed by atoms with Crippen LogP contribution in [-0.2, 0) is 0 Å². The van der Waals surface area contributed by atoms with Gasteiger partial charge in [-0.25, -0.2) is 0 Å². The molecule has 0 bridgehead atoms. The van der Waals surface area contributed by atoms with E-state index in [9.17, 15) is 0 Å². The van der Waals surface area contributed by atoms with Crippen LogP contribution in [0.4, 0.5) is 0 Å². The quantitative estimate of drug-likeness (QED) is 0.836. The smallest absolute Gasteiger partial charge is 0.0304 e. The number of nitrogens with zero attached hydrogens (tertiary/aromatic N) is 2. The highest BCUT2D eigenvalue weighted by Crippen LogP contribution is 2.28. The van der Waals surface area contributed by atoms with Crippen molar-refractivity contribution in [2.75, 3.05) is 32.7 Å². The van der Waals surface area contributed by atoms with Crippen molar-refractivity contribution in [3.8, 4) is 0 Å². The van der Waals surface area contributed by atoms with Gasteiger partial charge in [0.2, 0.25) is 0 Å². The highest BCUT2D eigenvalue weighted by molar-refractivity contribution is 4.99. The van der Waals surface area contributed by atoms with Gasteiger partial charge in [0.05, 0.1) is 0 Å². The summed E-state index contributed by atoms with van der Waals surface area (Å²) in [7, 11) is 0. The van der Waals surface area contributed by atoms with Crippen molar-refractivity contribution in [2.45, 2.75) is 77.4 Å². The molecule has 1 N–H and O–H groups in total. The number of hydrogen-bond acceptors (Lipinski definition) is 3. The zero-order chi connectivity index (χ0) is 14.6. The SMILES string of the molecule is CCC1CNC(CC)(CC)CN1C1CCCN(CC)C1. The van der Waals surface area contributed by atoms with Crippen molar-refractivity contribution in [1.82, 2.24) is 15.1 Å². The van der Waals surface area contributed by atoms with E-state index in [1.807, 2.05) is 0 Å². The van der Waals surface area contributed by atoms with Crippen molar-refractivity contribution in [2.24, 2.45) is 0 Å². The summed E-state index contributed by atoms with van der Waals surface area (Å²) >= 11 is 0. The fourth-order valence-corrected chi connectivity index (χ4v) is 4.10. The van der Waals surface area contributed by atoms with E-state index in [2.05, 4.69) is 42.8 Å². The van der Waals surface area contributed by atoms with Gasteiger partial charge >= 0.3 is 0 Å².